The van der Waals surface area contributed by atoms with Crippen molar-refractivity contribution < 1.29 is 49.0 Å². The molecule has 0 saturated heterocycles. The Hall–Kier alpha value is -1.30. The van der Waals surface area contributed by atoms with Gasteiger partial charge >= 0.3 is 35.5 Å². The maximum atomic E-state index is 11.1. The molecule has 0 radical (unpaired) electrons. The van der Waals surface area contributed by atoms with Gasteiger partial charge < -0.3 is 20.0 Å². The zero-order valence-corrected chi connectivity index (χ0v) is 13.0. The number of esters is 1. The molecule has 1 unspecified atom stereocenters. The van der Waals surface area contributed by atoms with E-state index in [0.29, 0.717) is 5.56 Å². The molecule has 5 nitrogen and oxygen atoms in total. The van der Waals surface area contributed by atoms with Crippen molar-refractivity contribution in [3.05, 3.63) is 48.2 Å². The molecule has 19 heavy (non-hydrogen) atoms. The van der Waals surface area contributed by atoms with Crippen LogP contribution in [0.1, 0.15) is 18.0 Å². The van der Waals surface area contributed by atoms with Crippen molar-refractivity contribution in [1.29, 1.82) is 0 Å². The SMILES string of the molecule is C=C(CC(=O)OC)NC(C(=O)[O-])c1ccccc1.[Na+]. The number of carbonyl (C=O) groups excluding carboxylic acids is 2. The third-order valence-corrected chi connectivity index (χ3v) is 2.30. The minimum atomic E-state index is -1.28. The zero-order chi connectivity index (χ0) is 13.5. The number of benzene rings is 1. The molecule has 0 aliphatic rings. The molecule has 1 aromatic rings. The van der Waals surface area contributed by atoms with E-state index in [1.165, 1.54) is 7.11 Å². The van der Waals surface area contributed by atoms with Gasteiger partial charge in [-0.3, -0.25) is 4.79 Å². The maximum Gasteiger partial charge on any atom is 1.00 e. The van der Waals surface area contributed by atoms with E-state index in [2.05, 4.69) is 16.6 Å². The smallest absolute Gasteiger partial charge is 0.548 e. The summed E-state index contributed by atoms with van der Waals surface area (Å²) < 4.78 is 4.47. The molecule has 6 heteroatoms. The first-order valence-corrected chi connectivity index (χ1v) is 5.31. The summed E-state index contributed by atoms with van der Waals surface area (Å²) in [6.45, 7) is 3.59. The number of hydrogen-bond acceptors (Lipinski definition) is 5. The Morgan fingerprint density at radius 3 is 2.42 bits per heavy atom. The molecule has 0 aromatic heterocycles. The van der Waals surface area contributed by atoms with Crippen molar-refractivity contribution in [2.45, 2.75) is 12.5 Å². The summed E-state index contributed by atoms with van der Waals surface area (Å²) >= 11 is 0. The average molecular weight is 271 g/mol. The summed E-state index contributed by atoms with van der Waals surface area (Å²) in [5.41, 5.74) is 0.795. The van der Waals surface area contributed by atoms with Gasteiger partial charge in [0.2, 0.25) is 0 Å². The molecule has 0 saturated carbocycles. The van der Waals surface area contributed by atoms with Crippen LogP contribution in [-0.2, 0) is 14.3 Å². The molecule has 0 bridgehead atoms. The van der Waals surface area contributed by atoms with Gasteiger partial charge in [0.25, 0.3) is 0 Å². The molecule has 0 amide bonds. The van der Waals surface area contributed by atoms with Crippen LogP contribution in [0.3, 0.4) is 0 Å². The van der Waals surface area contributed by atoms with E-state index < -0.39 is 18.0 Å². The van der Waals surface area contributed by atoms with Crippen molar-refractivity contribution in [3.8, 4) is 0 Å². The topological polar surface area (TPSA) is 78.5 Å². The van der Waals surface area contributed by atoms with E-state index in [0.717, 1.165) is 0 Å². The fraction of sp³-hybridized carbons (Fsp3) is 0.231. The molecule has 1 aromatic carbocycles. The summed E-state index contributed by atoms with van der Waals surface area (Å²) in [4.78, 5) is 22.1. The van der Waals surface area contributed by atoms with Crippen LogP contribution in [0.25, 0.3) is 0 Å². The van der Waals surface area contributed by atoms with Gasteiger partial charge in [0, 0.05) is 5.70 Å². The number of hydrogen-bond donors (Lipinski definition) is 1. The molecular formula is C13H14NNaO4. The number of carboxylic acid groups (broad SMARTS) is 1. The standard InChI is InChI=1S/C13H15NO4.Na/c1-9(8-11(15)18-2)14-12(13(16)17)10-6-4-3-5-7-10;/h3-7,12,14H,1,8H2,2H3,(H,16,17);/q;+1/p-1. The van der Waals surface area contributed by atoms with E-state index in [-0.39, 0.29) is 41.7 Å². The minimum absolute atomic E-state index is 0. The monoisotopic (exact) mass is 271 g/mol. The van der Waals surface area contributed by atoms with Crippen LogP contribution in [0.2, 0.25) is 0 Å². The van der Waals surface area contributed by atoms with Crippen LogP contribution in [0.15, 0.2) is 42.6 Å². The van der Waals surface area contributed by atoms with Gasteiger partial charge in [-0.2, -0.15) is 0 Å². The molecule has 1 rings (SSSR count). The number of methoxy groups -OCH3 is 1. The van der Waals surface area contributed by atoms with Gasteiger partial charge in [0.15, 0.2) is 0 Å². The first-order valence-electron chi connectivity index (χ1n) is 5.31. The van der Waals surface area contributed by atoms with E-state index in [1.54, 1.807) is 30.3 Å². The molecule has 0 aliphatic carbocycles. The van der Waals surface area contributed by atoms with Crippen LogP contribution in [0, 0.1) is 0 Å². The Morgan fingerprint density at radius 1 is 1.37 bits per heavy atom. The van der Waals surface area contributed by atoms with E-state index >= 15 is 0 Å². The van der Waals surface area contributed by atoms with Crippen LogP contribution in [0.5, 0.6) is 0 Å². The van der Waals surface area contributed by atoms with Crippen molar-refractivity contribution in [3.63, 3.8) is 0 Å². The molecule has 1 atom stereocenters. The Morgan fingerprint density at radius 2 is 1.95 bits per heavy atom. The Kier molecular flexibility index (Phi) is 8.14. The molecule has 0 heterocycles. The number of nitrogens with one attached hydrogen (secondary N) is 1. The number of ether oxygens (including phenoxy) is 1. The van der Waals surface area contributed by atoms with Gasteiger partial charge in [0.1, 0.15) is 0 Å². The number of rotatable bonds is 6. The van der Waals surface area contributed by atoms with Crippen molar-refractivity contribution in [2.24, 2.45) is 0 Å². The quantitative estimate of drug-likeness (QED) is 0.445. The summed E-state index contributed by atoms with van der Waals surface area (Å²) in [6, 6.07) is 7.48. The summed E-state index contributed by atoms with van der Waals surface area (Å²) in [5, 5.41) is 13.7. The summed E-state index contributed by atoms with van der Waals surface area (Å²) in [7, 11) is 1.25. The second kappa shape index (κ2) is 8.74. The van der Waals surface area contributed by atoms with Gasteiger partial charge in [-0.15, -0.1) is 0 Å². The third-order valence-electron chi connectivity index (χ3n) is 2.30. The molecule has 0 aliphatic heterocycles. The number of carbonyl (C=O) groups is 2. The summed E-state index contributed by atoms with van der Waals surface area (Å²) in [5.74, 6) is -1.77. The van der Waals surface area contributed by atoms with Crippen molar-refractivity contribution >= 4 is 11.9 Å². The maximum absolute atomic E-state index is 11.1. The second-order valence-corrected chi connectivity index (χ2v) is 3.66. The van der Waals surface area contributed by atoms with Gasteiger partial charge in [-0.1, -0.05) is 36.9 Å². The first kappa shape index (κ1) is 17.7. The Labute approximate surface area is 133 Å². The molecule has 96 valence electrons. The largest absolute Gasteiger partial charge is 1.00 e. The molecule has 0 spiro atoms. The van der Waals surface area contributed by atoms with Crippen LogP contribution in [0.4, 0.5) is 0 Å². The Balaban J connectivity index is 0.00000324. The minimum Gasteiger partial charge on any atom is -0.548 e. The molecule has 0 fully saturated rings. The van der Waals surface area contributed by atoms with Gasteiger partial charge in [-0.05, 0) is 5.56 Å². The van der Waals surface area contributed by atoms with Crippen molar-refractivity contribution in [1.82, 2.24) is 5.32 Å². The molecular weight excluding hydrogens is 257 g/mol. The third kappa shape index (κ3) is 5.92. The second-order valence-electron chi connectivity index (χ2n) is 3.66. The predicted octanol–water partition coefficient (Wildman–Crippen LogP) is -2.85. The number of aliphatic carboxylic acids is 1. The molecule has 1 N–H and O–H groups in total. The van der Waals surface area contributed by atoms with E-state index in [9.17, 15) is 14.7 Å². The zero-order valence-electron chi connectivity index (χ0n) is 11.0. The predicted molar refractivity (Wildman–Crippen MR) is 63.1 cm³/mol. The van der Waals surface area contributed by atoms with Gasteiger partial charge in [0.05, 0.1) is 25.5 Å². The van der Waals surface area contributed by atoms with E-state index in [4.69, 9.17) is 0 Å². The fourth-order valence-corrected chi connectivity index (χ4v) is 1.43. The normalized spacial score (nSPS) is 10.8. The van der Waals surface area contributed by atoms with E-state index in [1.807, 2.05) is 0 Å². The van der Waals surface area contributed by atoms with Crippen LogP contribution in [-0.4, -0.2) is 19.0 Å². The average Bonchev–Trinajstić information content (AvgIpc) is 2.36. The number of carboxylic acids is 1. The van der Waals surface area contributed by atoms with Crippen LogP contribution >= 0.6 is 0 Å². The van der Waals surface area contributed by atoms with Gasteiger partial charge in [-0.25, -0.2) is 0 Å². The fourth-order valence-electron chi connectivity index (χ4n) is 1.43. The first-order chi connectivity index (χ1) is 8.54. The Bertz CT molecular complexity index is 447. The van der Waals surface area contributed by atoms with Crippen LogP contribution < -0.4 is 40.0 Å². The van der Waals surface area contributed by atoms with Crippen molar-refractivity contribution in [2.75, 3.05) is 7.11 Å². The summed E-state index contributed by atoms with van der Waals surface area (Å²) in [6.07, 6.45) is -0.0902.